The largest absolute Gasteiger partial charge is 0.424 e. The Morgan fingerprint density at radius 2 is 0.881 bits per heavy atom. The molecular formula is C35H27N3O4. The number of para-hydroxylation sites is 4. The minimum absolute atomic E-state index is 0.284. The summed E-state index contributed by atoms with van der Waals surface area (Å²) in [5.41, 5.74) is 3.85. The maximum Gasteiger partial charge on any atom is 0.424 e. The van der Waals surface area contributed by atoms with Crippen molar-refractivity contribution >= 4 is 55.8 Å². The second kappa shape index (κ2) is 10.2. The van der Waals surface area contributed by atoms with Crippen LogP contribution in [0.3, 0.4) is 0 Å². The molecule has 5 aromatic carbocycles. The van der Waals surface area contributed by atoms with Crippen LogP contribution >= 0.6 is 0 Å². The molecule has 0 atom stereocenters. The number of rotatable bonds is 4. The molecule has 42 heavy (non-hydrogen) atoms. The lowest BCUT2D eigenvalue weighted by Crippen LogP contribution is -2.18. The van der Waals surface area contributed by atoms with Gasteiger partial charge in [-0.25, -0.2) is 18.7 Å². The van der Waals surface area contributed by atoms with Crippen LogP contribution in [0.1, 0.15) is 5.56 Å². The van der Waals surface area contributed by atoms with Crippen LogP contribution in [-0.2, 0) is 6.54 Å². The van der Waals surface area contributed by atoms with Crippen LogP contribution in [0.2, 0.25) is 0 Å². The molecule has 0 fully saturated rings. The first-order chi connectivity index (χ1) is 20.5. The van der Waals surface area contributed by atoms with E-state index in [2.05, 4.69) is 0 Å². The Kier molecular flexibility index (Phi) is 6.22. The molecule has 7 aromatic rings. The number of aromatic nitrogens is 2. The van der Waals surface area contributed by atoms with Crippen molar-refractivity contribution in [2.24, 2.45) is 0 Å². The van der Waals surface area contributed by atoms with E-state index in [0.717, 1.165) is 49.2 Å². The number of nitrogens with zero attached hydrogens (tertiary/aromatic N) is 3. The highest BCUT2D eigenvalue weighted by atomic mass is 16.6. The summed E-state index contributed by atoms with van der Waals surface area (Å²) in [6, 6.07) is 36.1. The van der Waals surface area contributed by atoms with E-state index in [9.17, 15) is 9.59 Å². The lowest BCUT2D eigenvalue weighted by molar-refractivity contribution is 0.202. The Hall–Kier alpha value is -5.40. The first kappa shape index (κ1) is 25.6. The number of carbonyl (C=O) groups excluding carboxylic acids is 2. The van der Waals surface area contributed by atoms with E-state index in [0.29, 0.717) is 6.54 Å². The van der Waals surface area contributed by atoms with Crippen molar-refractivity contribution in [2.75, 3.05) is 14.1 Å². The summed E-state index contributed by atoms with van der Waals surface area (Å²) >= 11 is 0. The van der Waals surface area contributed by atoms with Crippen LogP contribution in [0.15, 0.2) is 115 Å². The van der Waals surface area contributed by atoms with Crippen LogP contribution in [0.4, 0.5) is 9.59 Å². The van der Waals surface area contributed by atoms with Gasteiger partial charge in [-0.3, -0.25) is 0 Å². The van der Waals surface area contributed by atoms with Gasteiger partial charge in [-0.15, -0.1) is 0 Å². The molecule has 0 aliphatic rings. The van der Waals surface area contributed by atoms with Crippen molar-refractivity contribution in [3.05, 3.63) is 121 Å². The fourth-order valence-electron chi connectivity index (χ4n) is 5.74. The number of hydrogen-bond acceptors (Lipinski definition) is 5. The standard InChI is InChI=1S/C35H27N3O4/c1-36(2)22-23-19-24(41-34(39)37-30-15-7-3-11-26(30)27-12-4-8-16-31(27)37)21-25(20-23)42-35(40)38-32-17-9-5-13-28(32)29-14-6-10-18-33(29)38/h3-21H,22H2,1-2H3. The number of hydrogen-bond donors (Lipinski definition) is 0. The zero-order valence-electron chi connectivity index (χ0n) is 23.2. The van der Waals surface area contributed by atoms with E-state index >= 15 is 0 Å². The Morgan fingerprint density at radius 1 is 0.548 bits per heavy atom. The molecular weight excluding hydrogens is 526 g/mol. The molecule has 0 amide bonds. The summed E-state index contributed by atoms with van der Waals surface area (Å²) in [5, 5.41) is 3.86. The maximum absolute atomic E-state index is 13.7. The van der Waals surface area contributed by atoms with Crippen LogP contribution in [0.25, 0.3) is 43.6 Å². The molecule has 2 heterocycles. The number of ether oxygens (including phenoxy) is 2. The first-order valence-corrected chi connectivity index (χ1v) is 13.7. The van der Waals surface area contributed by atoms with Crippen molar-refractivity contribution in [1.82, 2.24) is 14.0 Å². The van der Waals surface area contributed by atoms with Gasteiger partial charge in [0.25, 0.3) is 0 Å². The van der Waals surface area contributed by atoms with E-state index in [4.69, 9.17) is 9.47 Å². The predicted octanol–water partition coefficient (Wildman–Crippen LogP) is 8.06. The van der Waals surface area contributed by atoms with Crippen LogP contribution in [0, 0.1) is 0 Å². The highest BCUT2D eigenvalue weighted by molar-refractivity contribution is 6.13. The molecule has 0 radical (unpaired) electrons. The summed E-state index contributed by atoms with van der Waals surface area (Å²) in [6.07, 6.45) is -1.09. The highest BCUT2D eigenvalue weighted by Gasteiger charge is 2.20. The lowest BCUT2D eigenvalue weighted by Gasteiger charge is -2.15. The zero-order chi connectivity index (χ0) is 28.8. The van der Waals surface area contributed by atoms with Gasteiger partial charge in [-0.1, -0.05) is 72.8 Å². The molecule has 0 spiro atoms. The molecule has 7 nitrogen and oxygen atoms in total. The predicted molar refractivity (Wildman–Crippen MR) is 166 cm³/mol. The summed E-state index contributed by atoms with van der Waals surface area (Å²) in [7, 11) is 3.89. The normalized spacial score (nSPS) is 11.6. The van der Waals surface area contributed by atoms with Crippen LogP contribution in [0.5, 0.6) is 11.5 Å². The van der Waals surface area contributed by atoms with Gasteiger partial charge in [0.2, 0.25) is 0 Å². The summed E-state index contributed by atoms with van der Waals surface area (Å²) in [6.45, 7) is 0.556. The van der Waals surface area contributed by atoms with E-state index in [-0.39, 0.29) is 11.5 Å². The molecule has 0 saturated carbocycles. The number of benzene rings is 5. The van der Waals surface area contributed by atoms with Gasteiger partial charge >= 0.3 is 12.2 Å². The molecule has 7 heteroatoms. The van der Waals surface area contributed by atoms with E-state index in [1.54, 1.807) is 27.3 Å². The molecule has 0 unspecified atom stereocenters. The Balaban J connectivity index is 1.27. The highest BCUT2D eigenvalue weighted by Crippen LogP contribution is 2.32. The molecule has 0 bridgehead atoms. The summed E-state index contributed by atoms with van der Waals surface area (Å²) in [5.74, 6) is 0.567. The van der Waals surface area contributed by atoms with E-state index in [1.807, 2.05) is 116 Å². The second-order valence-corrected chi connectivity index (χ2v) is 10.5. The Bertz CT molecular complexity index is 1900. The smallest absolute Gasteiger partial charge is 0.410 e. The van der Waals surface area contributed by atoms with E-state index in [1.165, 1.54) is 0 Å². The number of carbonyl (C=O) groups is 2. The monoisotopic (exact) mass is 553 g/mol. The zero-order valence-corrected chi connectivity index (χ0v) is 23.2. The molecule has 2 aromatic heterocycles. The molecule has 0 aliphatic carbocycles. The third-order valence-electron chi connectivity index (χ3n) is 7.37. The molecule has 7 rings (SSSR count). The summed E-state index contributed by atoms with van der Waals surface area (Å²) in [4.78, 5) is 29.3. The summed E-state index contributed by atoms with van der Waals surface area (Å²) < 4.78 is 15.1. The quantitative estimate of drug-likeness (QED) is 0.221. The van der Waals surface area contributed by atoms with Crippen molar-refractivity contribution in [3.63, 3.8) is 0 Å². The number of fused-ring (bicyclic) bond motifs is 6. The Morgan fingerprint density at radius 3 is 1.21 bits per heavy atom. The average Bonchev–Trinajstić information content (AvgIpc) is 3.50. The second-order valence-electron chi connectivity index (χ2n) is 10.5. The van der Waals surface area contributed by atoms with E-state index < -0.39 is 12.2 Å². The fourth-order valence-corrected chi connectivity index (χ4v) is 5.74. The third-order valence-corrected chi connectivity index (χ3v) is 7.37. The lowest BCUT2D eigenvalue weighted by atomic mass is 10.2. The van der Waals surface area contributed by atoms with Crippen molar-refractivity contribution < 1.29 is 19.1 Å². The Labute approximate surface area is 241 Å². The van der Waals surface area contributed by atoms with Crippen molar-refractivity contribution in [1.29, 1.82) is 0 Å². The van der Waals surface area contributed by atoms with Gasteiger partial charge in [-0.05, 0) is 56.1 Å². The van der Waals surface area contributed by atoms with Gasteiger partial charge in [-0.2, -0.15) is 0 Å². The van der Waals surface area contributed by atoms with Gasteiger partial charge < -0.3 is 14.4 Å². The third kappa shape index (κ3) is 4.36. The SMILES string of the molecule is CN(C)Cc1cc(OC(=O)n2c3ccccc3c3ccccc32)cc(OC(=O)n2c3ccccc3c3ccccc32)c1. The van der Waals surface area contributed by atoms with Crippen molar-refractivity contribution in [3.8, 4) is 11.5 Å². The average molecular weight is 554 g/mol. The van der Waals surface area contributed by atoms with Crippen molar-refractivity contribution in [2.45, 2.75) is 6.54 Å². The molecule has 0 N–H and O–H groups in total. The van der Waals surface area contributed by atoms with Gasteiger partial charge in [0.05, 0.1) is 22.1 Å². The molecule has 206 valence electrons. The minimum Gasteiger partial charge on any atom is -0.410 e. The fraction of sp³-hybridized carbons (Fsp3) is 0.0857. The first-order valence-electron chi connectivity index (χ1n) is 13.7. The molecule has 0 saturated heterocycles. The molecule has 0 aliphatic heterocycles. The van der Waals surface area contributed by atoms with Gasteiger partial charge in [0.15, 0.2) is 0 Å². The minimum atomic E-state index is -0.547. The van der Waals surface area contributed by atoms with Crippen LogP contribution < -0.4 is 9.47 Å². The van der Waals surface area contributed by atoms with Gasteiger partial charge in [0, 0.05) is 34.2 Å². The van der Waals surface area contributed by atoms with Gasteiger partial charge in [0.1, 0.15) is 11.5 Å². The maximum atomic E-state index is 13.7. The van der Waals surface area contributed by atoms with Crippen LogP contribution in [-0.4, -0.2) is 40.3 Å². The topological polar surface area (TPSA) is 65.7 Å².